The van der Waals surface area contributed by atoms with E-state index in [-0.39, 0.29) is 5.91 Å². The molecule has 0 aliphatic carbocycles. The minimum Gasteiger partial charge on any atom is -0.486 e. The minimum absolute atomic E-state index is 0.211. The van der Waals surface area contributed by atoms with Gasteiger partial charge in [-0.15, -0.1) is 21.5 Å². The molecule has 3 aromatic rings. The van der Waals surface area contributed by atoms with Gasteiger partial charge in [0.05, 0.1) is 5.69 Å². The molecule has 0 saturated heterocycles. The Morgan fingerprint density at radius 2 is 1.85 bits per heavy atom. The molecule has 2 heterocycles. The molecule has 6 nitrogen and oxygen atoms in total. The highest BCUT2D eigenvalue weighted by molar-refractivity contribution is 7.16. The third-order valence-electron chi connectivity index (χ3n) is 3.73. The Bertz CT molecular complexity index is 887. The molecule has 26 heavy (non-hydrogen) atoms. The van der Waals surface area contributed by atoms with Crippen LogP contribution in [0.4, 0.5) is 5.13 Å². The Kier molecular flexibility index (Phi) is 5.95. The van der Waals surface area contributed by atoms with Gasteiger partial charge in [-0.2, -0.15) is 0 Å². The number of benzene rings is 1. The molecule has 1 amide bonds. The zero-order valence-corrected chi connectivity index (χ0v) is 16.5. The summed E-state index contributed by atoms with van der Waals surface area (Å²) in [6.07, 6.45) is 1.80. The van der Waals surface area contributed by atoms with Crippen LogP contribution in [0.25, 0.3) is 0 Å². The van der Waals surface area contributed by atoms with Gasteiger partial charge in [0.15, 0.2) is 0 Å². The van der Waals surface area contributed by atoms with Crippen LogP contribution in [0, 0.1) is 6.92 Å². The molecule has 0 radical (unpaired) electrons. The number of aryl methyl sites for hydroxylation is 3. The zero-order chi connectivity index (χ0) is 18.5. The van der Waals surface area contributed by atoms with Gasteiger partial charge in [-0.1, -0.05) is 37.3 Å². The van der Waals surface area contributed by atoms with E-state index in [4.69, 9.17) is 4.74 Å². The summed E-state index contributed by atoms with van der Waals surface area (Å²) in [5.74, 6) is 0.583. The SMILES string of the molecule is CCc1ccc(OCc2nc(C)c(C(=O)Nc3nnc(CC)s3)s2)cc1. The number of rotatable bonds is 7. The van der Waals surface area contributed by atoms with Crippen molar-refractivity contribution >= 4 is 33.7 Å². The fourth-order valence-corrected chi connectivity index (χ4v) is 3.84. The Morgan fingerprint density at radius 1 is 1.08 bits per heavy atom. The van der Waals surface area contributed by atoms with Crippen LogP contribution in [-0.2, 0) is 19.4 Å². The lowest BCUT2D eigenvalue weighted by Gasteiger charge is -2.04. The molecule has 0 aliphatic heterocycles. The summed E-state index contributed by atoms with van der Waals surface area (Å²) in [5, 5.41) is 12.9. The first-order valence-corrected chi connectivity index (χ1v) is 10.0. The van der Waals surface area contributed by atoms with Crippen molar-refractivity contribution in [3.8, 4) is 5.75 Å². The number of hydrogen-bond acceptors (Lipinski definition) is 7. The van der Waals surface area contributed by atoms with Gasteiger partial charge in [0.2, 0.25) is 5.13 Å². The molecule has 8 heteroatoms. The lowest BCUT2D eigenvalue weighted by atomic mass is 10.2. The van der Waals surface area contributed by atoms with Crippen LogP contribution in [0.2, 0.25) is 0 Å². The predicted molar refractivity (Wildman–Crippen MR) is 104 cm³/mol. The number of amides is 1. The van der Waals surface area contributed by atoms with Gasteiger partial charge in [-0.05, 0) is 37.5 Å². The van der Waals surface area contributed by atoms with Crippen LogP contribution in [0.1, 0.15) is 44.8 Å². The maximum atomic E-state index is 12.4. The second kappa shape index (κ2) is 8.37. The molecule has 0 spiro atoms. The van der Waals surface area contributed by atoms with E-state index < -0.39 is 0 Å². The van der Waals surface area contributed by atoms with E-state index in [1.54, 1.807) is 0 Å². The lowest BCUT2D eigenvalue weighted by Crippen LogP contribution is -2.11. The molecule has 2 aromatic heterocycles. The van der Waals surface area contributed by atoms with E-state index in [0.717, 1.165) is 28.6 Å². The molecule has 0 bridgehead atoms. The van der Waals surface area contributed by atoms with Gasteiger partial charge in [-0.3, -0.25) is 10.1 Å². The maximum absolute atomic E-state index is 12.4. The van der Waals surface area contributed by atoms with E-state index in [9.17, 15) is 4.79 Å². The van der Waals surface area contributed by atoms with Crippen LogP contribution in [0.3, 0.4) is 0 Å². The van der Waals surface area contributed by atoms with E-state index in [2.05, 4.69) is 27.4 Å². The van der Waals surface area contributed by atoms with Crippen LogP contribution < -0.4 is 10.1 Å². The highest BCUT2D eigenvalue weighted by atomic mass is 32.1. The molecule has 1 aromatic carbocycles. The Hall–Kier alpha value is -2.32. The van der Waals surface area contributed by atoms with E-state index in [0.29, 0.717) is 22.3 Å². The van der Waals surface area contributed by atoms with Gasteiger partial charge >= 0.3 is 0 Å². The monoisotopic (exact) mass is 388 g/mol. The number of anilines is 1. The average Bonchev–Trinajstić information content (AvgIpc) is 3.26. The van der Waals surface area contributed by atoms with E-state index in [1.807, 2.05) is 38.1 Å². The molecule has 0 saturated carbocycles. The number of carbonyl (C=O) groups excluding carboxylic acids is 1. The number of aromatic nitrogens is 3. The molecule has 1 N–H and O–H groups in total. The Labute approximate surface area is 160 Å². The average molecular weight is 389 g/mol. The van der Waals surface area contributed by atoms with Crippen LogP contribution in [0.15, 0.2) is 24.3 Å². The highest BCUT2D eigenvalue weighted by Crippen LogP contribution is 2.23. The number of thiazole rings is 1. The topological polar surface area (TPSA) is 77.0 Å². The van der Waals surface area contributed by atoms with Gasteiger partial charge in [0, 0.05) is 0 Å². The van der Waals surface area contributed by atoms with Crippen LogP contribution in [-0.4, -0.2) is 21.1 Å². The van der Waals surface area contributed by atoms with Gasteiger partial charge in [0.1, 0.15) is 27.2 Å². The second-order valence-electron chi connectivity index (χ2n) is 5.62. The van der Waals surface area contributed by atoms with Crippen molar-refractivity contribution in [2.75, 3.05) is 5.32 Å². The standard InChI is InChI=1S/C18H20N4O2S2/c1-4-12-6-8-13(9-7-12)24-10-15-19-11(3)16(25-15)17(23)20-18-22-21-14(5-2)26-18/h6-9H,4-5,10H2,1-3H3,(H,20,22,23). The Morgan fingerprint density at radius 3 is 2.50 bits per heavy atom. The number of nitrogens with zero attached hydrogens (tertiary/aromatic N) is 3. The summed E-state index contributed by atoms with van der Waals surface area (Å²) >= 11 is 2.72. The first-order valence-electron chi connectivity index (χ1n) is 8.40. The molecule has 3 rings (SSSR count). The third-order valence-corrected chi connectivity index (χ3v) is 5.84. The molecular weight excluding hydrogens is 368 g/mol. The molecule has 136 valence electrons. The number of carbonyl (C=O) groups is 1. The largest absolute Gasteiger partial charge is 0.486 e. The number of ether oxygens (including phenoxy) is 1. The van der Waals surface area contributed by atoms with Crippen molar-refractivity contribution in [2.45, 2.75) is 40.2 Å². The molecule has 0 unspecified atom stereocenters. The zero-order valence-electron chi connectivity index (χ0n) is 14.9. The summed E-state index contributed by atoms with van der Waals surface area (Å²) in [4.78, 5) is 17.5. The molecule has 0 fully saturated rings. The van der Waals surface area contributed by atoms with Crippen LogP contribution >= 0.6 is 22.7 Å². The summed E-state index contributed by atoms with van der Waals surface area (Å²) in [6, 6.07) is 8.00. The highest BCUT2D eigenvalue weighted by Gasteiger charge is 2.17. The van der Waals surface area contributed by atoms with Crippen molar-refractivity contribution in [3.63, 3.8) is 0 Å². The van der Waals surface area contributed by atoms with Gasteiger partial charge < -0.3 is 4.74 Å². The summed E-state index contributed by atoms with van der Waals surface area (Å²) in [5.41, 5.74) is 1.96. The van der Waals surface area contributed by atoms with E-state index >= 15 is 0 Å². The Balaban J connectivity index is 1.63. The van der Waals surface area contributed by atoms with Crippen molar-refractivity contribution in [2.24, 2.45) is 0 Å². The van der Waals surface area contributed by atoms with Crippen LogP contribution in [0.5, 0.6) is 5.75 Å². The molecule has 0 atom stereocenters. The third kappa shape index (κ3) is 4.44. The van der Waals surface area contributed by atoms with Gasteiger partial charge in [-0.25, -0.2) is 4.98 Å². The number of nitrogens with one attached hydrogen (secondary N) is 1. The quantitative estimate of drug-likeness (QED) is 0.654. The van der Waals surface area contributed by atoms with Gasteiger partial charge in [0.25, 0.3) is 5.91 Å². The van der Waals surface area contributed by atoms with Crippen molar-refractivity contribution < 1.29 is 9.53 Å². The summed E-state index contributed by atoms with van der Waals surface area (Å²) in [7, 11) is 0. The minimum atomic E-state index is -0.211. The maximum Gasteiger partial charge on any atom is 0.269 e. The normalized spacial score (nSPS) is 10.7. The van der Waals surface area contributed by atoms with Crippen molar-refractivity contribution in [3.05, 3.63) is 50.4 Å². The van der Waals surface area contributed by atoms with E-state index in [1.165, 1.54) is 28.2 Å². The smallest absolute Gasteiger partial charge is 0.269 e. The van der Waals surface area contributed by atoms with Crippen molar-refractivity contribution in [1.29, 1.82) is 0 Å². The fourth-order valence-electron chi connectivity index (χ4n) is 2.29. The predicted octanol–water partition coefficient (Wildman–Crippen LogP) is 4.26. The summed E-state index contributed by atoms with van der Waals surface area (Å²) < 4.78 is 5.77. The van der Waals surface area contributed by atoms with Crippen molar-refractivity contribution in [1.82, 2.24) is 15.2 Å². The fraction of sp³-hybridized carbons (Fsp3) is 0.333. The summed E-state index contributed by atoms with van der Waals surface area (Å²) in [6.45, 7) is 6.28. The first kappa shape index (κ1) is 18.5. The number of hydrogen-bond donors (Lipinski definition) is 1. The molecule has 0 aliphatic rings. The molecular formula is C18H20N4O2S2. The second-order valence-corrected chi connectivity index (χ2v) is 7.76. The first-order chi connectivity index (χ1) is 12.6. The lowest BCUT2D eigenvalue weighted by molar-refractivity contribution is 0.102.